The number of hydrogen-bond donors (Lipinski definition) is 1. The Bertz CT molecular complexity index is 815. The number of nitrogens with zero attached hydrogens (tertiary/aromatic N) is 2. The number of aldehydes is 1. The Balaban J connectivity index is 1.83. The van der Waals surface area contributed by atoms with Gasteiger partial charge in [-0.2, -0.15) is 0 Å². The van der Waals surface area contributed by atoms with E-state index in [4.69, 9.17) is 0 Å². The summed E-state index contributed by atoms with van der Waals surface area (Å²) in [4.78, 5) is 29.3. The Morgan fingerprint density at radius 1 is 1.27 bits per heavy atom. The number of rotatable bonds is 2. The third-order valence-corrected chi connectivity index (χ3v) is 3.97. The molecule has 22 heavy (non-hydrogen) atoms. The largest absolute Gasteiger partial charge is 0.324 e. The van der Waals surface area contributed by atoms with Gasteiger partial charge in [-0.15, -0.1) is 0 Å². The van der Waals surface area contributed by atoms with Gasteiger partial charge in [0, 0.05) is 47.6 Å². The first-order valence-electron chi connectivity index (χ1n) is 7.10. The van der Waals surface area contributed by atoms with Crippen molar-refractivity contribution in [2.24, 2.45) is 4.99 Å². The molecule has 1 aromatic rings. The first-order chi connectivity index (χ1) is 10.8. The van der Waals surface area contributed by atoms with E-state index in [1.807, 2.05) is 18.2 Å². The highest BCUT2D eigenvalue weighted by Crippen LogP contribution is 2.34. The van der Waals surface area contributed by atoms with E-state index in [0.717, 1.165) is 47.6 Å². The highest BCUT2D eigenvalue weighted by Gasteiger charge is 2.32. The number of amides is 1. The van der Waals surface area contributed by atoms with Crippen molar-refractivity contribution < 1.29 is 9.59 Å². The highest BCUT2D eigenvalue weighted by atomic mass is 16.1. The van der Waals surface area contributed by atoms with Crippen LogP contribution < -0.4 is 5.32 Å². The van der Waals surface area contributed by atoms with Crippen molar-refractivity contribution >= 4 is 18.0 Å². The van der Waals surface area contributed by atoms with Crippen LogP contribution in [-0.2, 0) is 4.79 Å². The van der Waals surface area contributed by atoms with Gasteiger partial charge < -0.3 is 10.2 Å². The van der Waals surface area contributed by atoms with E-state index < -0.39 is 0 Å². The quantitative estimate of drug-likeness (QED) is 0.844. The maximum Gasteiger partial charge on any atom is 0.248 e. The minimum Gasteiger partial charge on any atom is -0.324 e. The zero-order valence-electron chi connectivity index (χ0n) is 11.7. The van der Waals surface area contributed by atoms with Gasteiger partial charge in [0.2, 0.25) is 5.91 Å². The van der Waals surface area contributed by atoms with E-state index in [1.54, 1.807) is 18.3 Å². The number of benzene rings is 1. The molecule has 3 aliphatic heterocycles. The molecule has 0 aliphatic carbocycles. The smallest absolute Gasteiger partial charge is 0.248 e. The van der Waals surface area contributed by atoms with E-state index in [1.165, 1.54) is 6.08 Å². The Labute approximate surface area is 127 Å². The lowest BCUT2D eigenvalue weighted by atomic mass is 10.1. The summed E-state index contributed by atoms with van der Waals surface area (Å²) >= 11 is 0. The second kappa shape index (κ2) is 4.80. The molecule has 1 aromatic carbocycles. The summed E-state index contributed by atoms with van der Waals surface area (Å²) in [6.07, 6.45) is 6.69. The molecular weight excluding hydrogens is 278 g/mol. The molecule has 0 atom stereocenters. The van der Waals surface area contributed by atoms with Crippen LogP contribution in [0.4, 0.5) is 0 Å². The normalized spacial score (nSPS) is 19.3. The second-order valence-corrected chi connectivity index (χ2v) is 5.33. The minimum atomic E-state index is -0.107. The number of carbonyl (C=O) groups excluding carboxylic acids is 2. The van der Waals surface area contributed by atoms with Gasteiger partial charge in [-0.1, -0.05) is 18.2 Å². The van der Waals surface area contributed by atoms with Gasteiger partial charge in [0.1, 0.15) is 12.1 Å². The maximum atomic E-state index is 11.7. The summed E-state index contributed by atoms with van der Waals surface area (Å²) in [6.45, 7) is 0.764. The van der Waals surface area contributed by atoms with Crippen LogP contribution in [0.2, 0.25) is 0 Å². The predicted molar refractivity (Wildman–Crippen MR) is 82.1 cm³/mol. The number of allylic oxidation sites excluding steroid dienone is 1. The molecule has 3 aliphatic rings. The zero-order chi connectivity index (χ0) is 15.1. The summed E-state index contributed by atoms with van der Waals surface area (Å²) in [7, 11) is 0. The van der Waals surface area contributed by atoms with E-state index in [0.29, 0.717) is 5.56 Å². The topological polar surface area (TPSA) is 61.8 Å². The van der Waals surface area contributed by atoms with E-state index in [2.05, 4.69) is 15.2 Å². The molecule has 4 rings (SSSR count). The summed E-state index contributed by atoms with van der Waals surface area (Å²) in [6, 6.07) is 7.38. The summed E-state index contributed by atoms with van der Waals surface area (Å²) in [5.41, 5.74) is 4.38. The molecule has 0 unspecified atom stereocenters. The fraction of sp³-hybridized carbons (Fsp3) is 0.118. The van der Waals surface area contributed by atoms with Crippen molar-refractivity contribution in [3.63, 3.8) is 0 Å². The van der Waals surface area contributed by atoms with Crippen molar-refractivity contribution in [3.8, 4) is 0 Å². The molecule has 1 amide bonds. The van der Waals surface area contributed by atoms with E-state index in [9.17, 15) is 9.59 Å². The summed E-state index contributed by atoms with van der Waals surface area (Å²) < 4.78 is 0. The number of nitrogens with one attached hydrogen (secondary N) is 1. The molecular formula is C17H13N3O2. The summed E-state index contributed by atoms with van der Waals surface area (Å²) in [5, 5.41) is 2.92. The van der Waals surface area contributed by atoms with Crippen molar-refractivity contribution in [1.82, 2.24) is 10.2 Å². The molecule has 108 valence electrons. The average molecular weight is 291 g/mol. The van der Waals surface area contributed by atoms with Gasteiger partial charge in [0.25, 0.3) is 0 Å². The Morgan fingerprint density at radius 3 is 3.05 bits per heavy atom. The van der Waals surface area contributed by atoms with Crippen LogP contribution in [0.5, 0.6) is 0 Å². The van der Waals surface area contributed by atoms with Crippen molar-refractivity contribution in [2.75, 3.05) is 6.54 Å². The van der Waals surface area contributed by atoms with Gasteiger partial charge >= 0.3 is 0 Å². The van der Waals surface area contributed by atoms with Gasteiger partial charge in [0.15, 0.2) is 0 Å². The Morgan fingerprint density at radius 2 is 2.18 bits per heavy atom. The molecule has 5 heteroatoms. The van der Waals surface area contributed by atoms with Crippen LogP contribution >= 0.6 is 0 Å². The van der Waals surface area contributed by atoms with Gasteiger partial charge in [-0.25, -0.2) is 4.99 Å². The van der Waals surface area contributed by atoms with Crippen LogP contribution in [0.15, 0.2) is 64.6 Å². The molecule has 1 N–H and O–H groups in total. The van der Waals surface area contributed by atoms with Crippen LogP contribution in [0, 0.1) is 0 Å². The first-order valence-corrected chi connectivity index (χ1v) is 7.10. The van der Waals surface area contributed by atoms with Crippen LogP contribution in [0.3, 0.4) is 0 Å². The minimum absolute atomic E-state index is 0.107. The van der Waals surface area contributed by atoms with Gasteiger partial charge in [0.05, 0.1) is 5.70 Å². The van der Waals surface area contributed by atoms with Crippen molar-refractivity contribution in [2.45, 2.75) is 6.42 Å². The van der Waals surface area contributed by atoms with E-state index in [-0.39, 0.29) is 5.91 Å². The SMILES string of the molecule is O=Cc1cccc(C2=NC=C3C=CC(=O)NC4=C3N2CC4)c1. The molecule has 0 saturated heterocycles. The fourth-order valence-corrected chi connectivity index (χ4v) is 3.00. The molecule has 5 nitrogen and oxygen atoms in total. The molecule has 3 heterocycles. The lowest BCUT2D eigenvalue weighted by molar-refractivity contribution is -0.115. The van der Waals surface area contributed by atoms with Crippen LogP contribution in [-0.4, -0.2) is 29.5 Å². The third-order valence-electron chi connectivity index (χ3n) is 3.97. The van der Waals surface area contributed by atoms with E-state index >= 15 is 0 Å². The highest BCUT2D eigenvalue weighted by molar-refractivity contribution is 6.03. The Hall–Kier alpha value is -2.95. The lowest BCUT2D eigenvalue weighted by Gasteiger charge is -2.27. The molecule has 0 fully saturated rings. The molecule has 0 radical (unpaired) electrons. The van der Waals surface area contributed by atoms with Crippen LogP contribution in [0.25, 0.3) is 0 Å². The second-order valence-electron chi connectivity index (χ2n) is 5.33. The fourth-order valence-electron chi connectivity index (χ4n) is 3.00. The van der Waals surface area contributed by atoms with Gasteiger partial charge in [-0.05, 0) is 12.1 Å². The van der Waals surface area contributed by atoms with Crippen molar-refractivity contribution in [1.29, 1.82) is 0 Å². The van der Waals surface area contributed by atoms with Crippen molar-refractivity contribution in [3.05, 3.63) is 70.7 Å². The zero-order valence-corrected chi connectivity index (χ0v) is 11.7. The monoisotopic (exact) mass is 291 g/mol. The van der Waals surface area contributed by atoms with Gasteiger partial charge in [-0.3, -0.25) is 9.59 Å². The molecule has 0 aromatic heterocycles. The van der Waals surface area contributed by atoms with Crippen LogP contribution in [0.1, 0.15) is 22.3 Å². The first kappa shape index (κ1) is 12.8. The predicted octanol–water partition coefficient (Wildman–Crippen LogP) is 1.75. The maximum absolute atomic E-state index is 11.7. The Kier molecular flexibility index (Phi) is 2.79. The molecule has 0 bridgehead atoms. The molecule has 0 saturated carbocycles. The number of amidine groups is 1. The lowest BCUT2D eigenvalue weighted by Crippen LogP contribution is -2.31. The number of aliphatic imine (C=N–C) groups is 1. The summed E-state index contributed by atoms with van der Waals surface area (Å²) in [5.74, 6) is 0.700. The standard InChI is InChI=1S/C17H13N3O2/c21-10-11-2-1-3-12(8-11)17-18-9-13-4-5-15(22)19-14-6-7-20(17)16(13)14/h1-5,8-10H,6-7H2,(H,19,22). The number of carbonyl (C=O) groups is 2. The third kappa shape index (κ3) is 1.90. The average Bonchev–Trinajstić information content (AvgIpc) is 2.89. The molecule has 0 spiro atoms. The number of hydrogen-bond acceptors (Lipinski definition) is 4.